The van der Waals surface area contributed by atoms with E-state index in [1.807, 2.05) is 0 Å². The van der Waals surface area contributed by atoms with Crippen LogP contribution in [-0.4, -0.2) is 41.2 Å². The van der Waals surface area contributed by atoms with Crippen molar-refractivity contribution in [3.05, 3.63) is 0 Å². The van der Waals surface area contributed by atoms with Gasteiger partial charge in [-0.3, -0.25) is 10.3 Å². The second kappa shape index (κ2) is 5.60. The van der Waals surface area contributed by atoms with E-state index in [1.54, 1.807) is 20.8 Å². The lowest BCUT2D eigenvalue weighted by molar-refractivity contribution is -0.143. The largest absolute Gasteiger partial charge is 0.465 e. The molecule has 98 valence electrons. The van der Waals surface area contributed by atoms with E-state index < -0.39 is 11.6 Å². The van der Waals surface area contributed by atoms with E-state index in [0.717, 1.165) is 12.8 Å². The number of carbonyl (C=O) groups is 1. The van der Waals surface area contributed by atoms with Crippen molar-refractivity contribution in [2.24, 2.45) is 4.99 Å². The number of ether oxygens (including phenoxy) is 1. The van der Waals surface area contributed by atoms with Crippen molar-refractivity contribution >= 4 is 11.7 Å². The van der Waals surface area contributed by atoms with Crippen molar-refractivity contribution < 1.29 is 14.6 Å². The molecule has 0 amide bonds. The van der Waals surface area contributed by atoms with Crippen LogP contribution >= 0.6 is 0 Å². The van der Waals surface area contributed by atoms with E-state index in [2.05, 4.69) is 17.2 Å². The quantitative estimate of drug-likeness (QED) is 0.701. The third-order valence-electron chi connectivity index (χ3n) is 2.64. The van der Waals surface area contributed by atoms with Gasteiger partial charge in [0.1, 0.15) is 12.2 Å². The summed E-state index contributed by atoms with van der Waals surface area (Å²) in [5.74, 6) is -0.369. The Balaban J connectivity index is 2.84. The lowest BCUT2D eigenvalue weighted by Crippen LogP contribution is -2.49. The molecule has 0 aromatic heterocycles. The smallest absolute Gasteiger partial charge is 0.329 e. The predicted octanol–water partition coefficient (Wildman–Crippen LogP) is 0.859. The number of aliphatic hydroxyl groups is 1. The molecule has 0 fully saturated rings. The number of hydrogen-bond acceptors (Lipinski definition) is 5. The van der Waals surface area contributed by atoms with E-state index in [0.29, 0.717) is 12.3 Å². The topological polar surface area (TPSA) is 70.9 Å². The average Bonchev–Trinajstić information content (AvgIpc) is 2.62. The summed E-state index contributed by atoms with van der Waals surface area (Å²) in [5, 5.41) is 13.1. The minimum Gasteiger partial charge on any atom is -0.465 e. The van der Waals surface area contributed by atoms with Crippen LogP contribution in [0.1, 0.15) is 40.5 Å². The summed E-state index contributed by atoms with van der Waals surface area (Å²) in [7, 11) is 0. The Morgan fingerprint density at radius 2 is 2.18 bits per heavy atom. The molecule has 5 nitrogen and oxygen atoms in total. The standard InChI is InChI=1S/C12H22N2O3/c1-5-7-8-13-9(11(15)17-6-2)10(14-8)12(3,4)16/h8-9,13,16H,5-7H2,1-4H3/t8-,9-/m1/s1. The van der Waals surface area contributed by atoms with Crippen LogP contribution in [0.5, 0.6) is 0 Å². The van der Waals surface area contributed by atoms with Crippen molar-refractivity contribution in [3.8, 4) is 0 Å². The monoisotopic (exact) mass is 242 g/mol. The van der Waals surface area contributed by atoms with Gasteiger partial charge in [-0.05, 0) is 27.2 Å². The van der Waals surface area contributed by atoms with Crippen LogP contribution in [0.4, 0.5) is 0 Å². The number of hydrogen-bond donors (Lipinski definition) is 2. The van der Waals surface area contributed by atoms with Gasteiger partial charge in [-0.2, -0.15) is 0 Å². The number of nitrogens with zero attached hydrogens (tertiary/aromatic N) is 1. The lowest BCUT2D eigenvalue weighted by atomic mass is 9.97. The van der Waals surface area contributed by atoms with Gasteiger partial charge in [0.25, 0.3) is 0 Å². The third kappa shape index (κ3) is 3.51. The van der Waals surface area contributed by atoms with E-state index in [9.17, 15) is 9.90 Å². The van der Waals surface area contributed by atoms with Crippen molar-refractivity contribution in [1.29, 1.82) is 0 Å². The first-order valence-electron chi connectivity index (χ1n) is 6.13. The minimum absolute atomic E-state index is 0.101. The second-order valence-electron chi connectivity index (χ2n) is 4.73. The molecule has 0 saturated carbocycles. The van der Waals surface area contributed by atoms with Crippen LogP contribution in [-0.2, 0) is 9.53 Å². The zero-order valence-electron chi connectivity index (χ0n) is 11.0. The van der Waals surface area contributed by atoms with Crippen molar-refractivity contribution in [3.63, 3.8) is 0 Å². The van der Waals surface area contributed by atoms with E-state index >= 15 is 0 Å². The van der Waals surface area contributed by atoms with Crippen molar-refractivity contribution in [2.75, 3.05) is 6.61 Å². The first-order valence-corrected chi connectivity index (χ1v) is 6.13. The fourth-order valence-electron chi connectivity index (χ4n) is 1.89. The molecule has 2 N–H and O–H groups in total. The molecule has 0 unspecified atom stereocenters. The summed E-state index contributed by atoms with van der Waals surface area (Å²) >= 11 is 0. The predicted molar refractivity (Wildman–Crippen MR) is 66.0 cm³/mol. The zero-order chi connectivity index (χ0) is 13.1. The number of aliphatic imine (C=N–C) groups is 1. The zero-order valence-corrected chi connectivity index (χ0v) is 11.0. The summed E-state index contributed by atoms with van der Waals surface area (Å²) in [6, 6.07) is -0.619. The highest BCUT2D eigenvalue weighted by Crippen LogP contribution is 2.19. The fraction of sp³-hybridized carbons (Fsp3) is 0.833. The van der Waals surface area contributed by atoms with E-state index in [-0.39, 0.29) is 12.1 Å². The molecule has 0 aromatic rings. The van der Waals surface area contributed by atoms with Gasteiger partial charge in [-0.15, -0.1) is 0 Å². The number of esters is 1. The molecule has 5 heteroatoms. The highest BCUT2D eigenvalue weighted by Gasteiger charge is 2.40. The normalized spacial score (nSPS) is 24.6. The van der Waals surface area contributed by atoms with Crippen LogP contribution in [0.15, 0.2) is 4.99 Å². The van der Waals surface area contributed by atoms with Gasteiger partial charge in [-0.1, -0.05) is 13.3 Å². The Hall–Kier alpha value is -0.940. The summed E-state index contributed by atoms with van der Waals surface area (Å²) in [5.41, 5.74) is -0.637. The fourth-order valence-corrected chi connectivity index (χ4v) is 1.89. The van der Waals surface area contributed by atoms with Crippen molar-refractivity contribution in [1.82, 2.24) is 5.32 Å². The Labute approximate surface area is 102 Å². The summed E-state index contributed by atoms with van der Waals surface area (Å²) in [6.07, 6.45) is 1.71. The molecule has 1 rings (SSSR count). The second-order valence-corrected chi connectivity index (χ2v) is 4.73. The molecule has 0 aromatic carbocycles. The van der Waals surface area contributed by atoms with Crippen LogP contribution in [0.2, 0.25) is 0 Å². The molecule has 17 heavy (non-hydrogen) atoms. The molecule has 2 atom stereocenters. The molecule has 0 aliphatic carbocycles. The van der Waals surface area contributed by atoms with Gasteiger partial charge in [0.05, 0.1) is 17.9 Å². The maximum absolute atomic E-state index is 11.8. The number of rotatable bonds is 5. The van der Waals surface area contributed by atoms with E-state index in [1.165, 1.54) is 0 Å². The average molecular weight is 242 g/mol. The SMILES string of the molecule is CCC[C@H]1N=C(C(C)(C)O)[C@H](C(=O)OCC)N1. The third-order valence-corrected chi connectivity index (χ3v) is 2.64. The Bertz CT molecular complexity index is 307. The molecular formula is C12H22N2O3. The lowest BCUT2D eigenvalue weighted by Gasteiger charge is -2.22. The molecule has 1 heterocycles. The molecule has 1 aliphatic rings. The van der Waals surface area contributed by atoms with Gasteiger partial charge in [0.2, 0.25) is 0 Å². The summed E-state index contributed by atoms with van der Waals surface area (Å²) in [6.45, 7) is 7.41. The molecular weight excluding hydrogens is 220 g/mol. The molecule has 0 bridgehead atoms. The molecule has 1 aliphatic heterocycles. The van der Waals surface area contributed by atoms with Crippen LogP contribution in [0.25, 0.3) is 0 Å². The van der Waals surface area contributed by atoms with Gasteiger partial charge < -0.3 is 9.84 Å². The van der Waals surface area contributed by atoms with Crippen LogP contribution in [0, 0.1) is 0 Å². The Morgan fingerprint density at radius 1 is 1.53 bits per heavy atom. The molecule has 0 spiro atoms. The van der Waals surface area contributed by atoms with E-state index in [4.69, 9.17) is 4.74 Å². The van der Waals surface area contributed by atoms with Gasteiger partial charge in [0, 0.05) is 0 Å². The molecule has 0 radical (unpaired) electrons. The Kier molecular flexibility index (Phi) is 4.65. The van der Waals surface area contributed by atoms with Crippen LogP contribution in [0.3, 0.4) is 0 Å². The summed E-state index contributed by atoms with van der Waals surface area (Å²) < 4.78 is 4.98. The first-order chi connectivity index (χ1) is 7.90. The maximum atomic E-state index is 11.8. The number of carbonyl (C=O) groups excluding carboxylic acids is 1. The van der Waals surface area contributed by atoms with Gasteiger partial charge in [-0.25, -0.2) is 4.79 Å². The highest BCUT2D eigenvalue weighted by atomic mass is 16.5. The number of nitrogens with one attached hydrogen (secondary N) is 1. The maximum Gasteiger partial charge on any atom is 0.329 e. The Morgan fingerprint density at radius 3 is 2.65 bits per heavy atom. The van der Waals surface area contributed by atoms with Gasteiger partial charge in [0.15, 0.2) is 0 Å². The highest BCUT2D eigenvalue weighted by molar-refractivity contribution is 6.11. The first kappa shape index (κ1) is 14.1. The van der Waals surface area contributed by atoms with Crippen molar-refractivity contribution in [2.45, 2.75) is 58.3 Å². The van der Waals surface area contributed by atoms with Gasteiger partial charge >= 0.3 is 5.97 Å². The molecule has 0 saturated heterocycles. The van der Waals surface area contributed by atoms with Crippen LogP contribution < -0.4 is 5.32 Å². The minimum atomic E-state index is -1.10. The summed E-state index contributed by atoms with van der Waals surface area (Å²) in [4.78, 5) is 16.2.